The Morgan fingerprint density at radius 3 is 2.67 bits per heavy atom. The standard InChI is InChI=1S/C16H17NO/c17-15-10-5-11-18-16-13(8-4-9-14(15)16)12-6-2-1-3-7-12/h1-4,6-9,15H,5,10-11,17H2/t15-/m1/s1. The quantitative estimate of drug-likeness (QED) is 0.826. The zero-order valence-corrected chi connectivity index (χ0v) is 10.3. The summed E-state index contributed by atoms with van der Waals surface area (Å²) in [5, 5.41) is 0. The van der Waals surface area contributed by atoms with Crippen LogP contribution in [0.25, 0.3) is 11.1 Å². The molecule has 1 heterocycles. The van der Waals surface area contributed by atoms with Gasteiger partial charge in [-0.3, -0.25) is 0 Å². The van der Waals surface area contributed by atoms with Crippen LogP contribution in [-0.2, 0) is 0 Å². The molecule has 2 aromatic carbocycles. The van der Waals surface area contributed by atoms with E-state index in [0.717, 1.165) is 36.3 Å². The smallest absolute Gasteiger partial charge is 0.131 e. The fraction of sp³-hybridized carbons (Fsp3) is 0.250. The first-order valence-corrected chi connectivity index (χ1v) is 6.43. The third kappa shape index (κ3) is 2.00. The van der Waals surface area contributed by atoms with Crippen LogP contribution in [0.15, 0.2) is 48.5 Å². The minimum Gasteiger partial charge on any atom is -0.493 e. The van der Waals surface area contributed by atoms with Crippen molar-refractivity contribution in [3.05, 3.63) is 54.1 Å². The molecule has 0 amide bonds. The number of para-hydroxylation sites is 1. The van der Waals surface area contributed by atoms with Crippen LogP contribution < -0.4 is 10.5 Å². The molecule has 3 rings (SSSR count). The summed E-state index contributed by atoms with van der Waals surface area (Å²) in [5.41, 5.74) is 9.67. The van der Waals surface area contributed by atoms with Gasteiger partial charge in [0.05, 0.1) is 6.61 Å². The summed E-state index contributed by atoms with van der Waals surface area (Å²) in [6.45, 7) is 0.755. The molecular weight excluding hydrogens is 222 g/mol. The fourth-order valence-corrected chi connectivity index (χ4v) is 2.49. The van der Waals surface area contributed by atoms with E-state index in [0.29, 0.717) is 0 Å². The van der Waals surface area contributed by atoms with Crippen LogP contribution in [0.5, 0.6) is 5.75 Å². The summed E-state index contributed by atoms with van der Waals surface area (Å²) in [6.07, 6.45) is 2.01. The molecule has 1 aliphatic heterocycles. The predicted octanol–water partition coefficient (Wildman–Crippen LogP) is 3.53. The van der Waals surface area contributed by atoms with Gasteiger partial charge in [-0.05, 0) is 18.4 Å². The van der Waals surface area contributed by atoms with Crippen LogP contribution in [0.3, 0.4) is 0 Å². The SMILES string of the molecule is N[C@@H]1CCCOc2c(-c3ccccc3)cccc21. The van der Waals surface area contributed by atoms with Gasteiger partial charge in [0.2, 0.25) is 0 Å². The van der Waals surface area contributed by atoms with Gasteiger partial charge >= 0.3 is 0 Å². The van der Waals surface area contributed by atoms with Gasteiger partial charge in [-0.1, -0.05) is 48.5 Å². The number of benzene rings is 2. The van der Waals surface area contributed by atoms with E-state index < -0.39 is 0 Å². The van der Waals surface area contributed by atoms with Gasteiger partial charge in [0.15, 0.2) is 0 Å². The van der Waals surface area contributed by atoms with Crippen LogP contribution in [-0.4, -0.2) is 6.61 Å². The van der Waals surface area contributed by atoms with Crippen molar-refractivity contribution in [2.45, 2.75) is 18.9 Å². The van der Waals surface area contributed by atoms with Crippen molar-refractivity contribution in [3.8, 4) is 16.9 Å². The highest BCUT2D eigenvalue weighted by molar-refractivity contribution is 5.72. The van der Waals surface area contributed by atoms with Crippen LogP contribution in [0.4, 0.5) is 0 Å². The van der Waals surface area contributed by atoms with E-state index in [1.54, 1.807) is 0 Å². The summed E-state index contributed by atoms with van der Waals surface area (Å²) in [4.78, 5) is 0. The van der Waals surface area contributed by atoms with E-state index in [1.807, 2.05) is 18.2 Å². The highest BCUT2D eigenvalue weighted by atomic mass is 16.5. The maximum absolute atomic E-state index is 6.21. The molecule has 0 aliphatic carbocycles. The zero-order chi connectivity index (χ0) is 12.4. The second-order valence-corrected chi connectivity index (χ2v) is 4.69. The molecule has 2 aromatic rings. The molecule has 0 aromatic heterocycles. The molecular formula is C16H17NO. The normalized spacial score (nSPS) is 18.6. The van der Waals surface area contributed by atoms with Crippen molar-refractivity contribution in [3.63, 3.8) is 0 Å². The van der Waals surface area contributed by atoms with Crippen molar-refractivity contribution < 1.29 is 4.74 Å². The third-order valence-electron chi connectivity index (χ3n) is 3.44. The molecule has 0 saturated carbocycles. The molecule has 2 N–H and O–H groups in total. The summed E-state index contributed by atoms with van der Waals surface area (Å²) in [5.74, 6) is 0.966. The lowest BCUT2D eigenvalue weighted by atomic mass is 9.97. The minimum atomic E-state index is 0.0890. The maximum atomic E-state index is 6.21. The lowest BCUT2D eigenvalue weighted by Crippen LogP contribution is -2.09. The van der Waals surface area contributed by atoms with Crippen LogP contribution >= 0.6 is 0 Å². The Labute approximate surface area is 107 Å². The molecule has 1 atom stereocenters. The number of fused-ring (bicyclic) bond motifs is 1. The molecule has 0 unspecified atom stereocenters. The van der Waals surface area contributed by atoms with Crippen molar-refractivity contribution in [1.82, 2.24) is 0 Å². The monoisotopic (exact) mass is 239 g/mol. The van der Waals surface area contributed by atoms with Gasteiger partial charge in [0.25, 0.3) is 0 Å². The Hall–Kier alpha value is -1.80. The first kappa shape index (κ1) is 11.3. The molecule has 0 radical (unpaired) electrons. The van der Waals surface area contributed by atoms with Gasteiger partial charge in [0.1, 0.15) is 5.75 Å². The average Bonchev–Trinajstić information content (AvgIpc) is 2.62. The van der Waals surface area contributed by atoms with E-state index in [1.165, 1.54) is 5.56 Å². The summed E-state index contributed by atoms with van der Waals surface area (Å²) in [6, 6.07) is 16.7. The van der Waals surface area contributed by atoms with Gasteiger partial charge in [-0.25, -0.2) is 0 Å². The maximum Gasteiger partial charge on any atom is 0.131 e. The van der Waals surface area contributed by atoms with E-state index in [4.69, 9.17) is 10.5 Å². The van der Waals surface area contributed by atoms with Gasteiger partial charge in [-0.2, -0.15) is 0 Å². The molecule has 92 valence electrons. The molecule has 0 spiro atoms. The Morgan fingerprint density at radius 1 is 1.00 bits per heavy atom. The average molecular weight is 239 g/mol. The minimum absolute atomic E-state index is 0.0890. The van der Waals surface area contributed by atoms with Gasteiger partial charge < -0.3 is 10.5 Å². The second kappa shape index (κ2) is 4.83. The first-order valence-electron chi connectivity index (χ1n) is 6.43. The number of hydrogen-bond donors (Lipinski definition) is 1. The van der Waals surface area contributed by atoms with Crippen molar-refractivity contribution >= 4 is 0 Å². The van der Waals surface area contributed by atoms with Crippen molar-refractivity contribution in [2.24, 2.45) is 5.73 Å². The van der Waals surface area contributed by atoms with Crippen LogP contribution in [0, 0.1) is 0 Å². The highest BCUT2D eigenvalue weighted by Crippen LogP contribution is 2.38. The second-order valence-electron chi connectivity index (χ2n) is 4.69. The molecule has 2 heteroatoms. The number of ether oxygens (including phenoxy) is 1. The number of rotatable bonds is 1. The largest absolute Gasteiger partial charge is 0.493 e. The summed E-state index contributed by atoms with van der Waals surface area (Å²) < 4.78 is 5.92. The third-order valence-corrected chi connectivity index (χ3v) is 3.44. The Morgan fingerprint density at radius 2 is 1.83 bits per heavy atom. The Balaban J connectivity index is 2.14. The lowest BCUT2D eigenvalue weighted by Gasteiger charge is -2.15. The summed E-state index contributed by atoms with van der Waals surface area (Å²) in [7, 11) is 0. The number of nitrogens with two attached hydrogens (primary N) is 1. The van der Waals surface area contributed by atoms with Crippen LogP contribution in [0.2, 0.25) is 0 Å². The zero-order valence-electron chi connectivity index (χ0n) is 10.3. The molecule has 18 heavy (non-hydrogen) atoms. The van der Waals surface area contributed by atoms with E-state index in [-0.39, 0.29) is 6.04 Å². The highest BCUT2D eigenvalue weighted by Gasteiger charge is 2.19. The molecule has 0 fully saturated rings. The topological polar surface area (TPSA) is 35.2 Å². The van der Waals surface area contributed by atoms with E-state index in [2.05, 4.69) is 30.3 Å². The molecule has 0 saturated heterocycles. The lowest BCUT2D eigenvalue weighted by molar-refractivity contribution is 0.317. The summed E-state index contributed by atoms with van der Waals surface area (Å²) >= 11 is 0. The number of hydrogen-bond acceptors (Lipinski definition) is 2. The Bertz CT molecular complexity index is 536. The van der Waals surface area contributed by atoms with E-state index in [9.17, 15) is 0 Å². The molecule has 2 nitrogen and oxygen atoms in total. The van der Waals surface area contributed by atoms with Crippen LogP contribution in [0.1, 0.15) is 24.4 Å². The first-order chi connectivity index (χ1) is 8.86. The van der Waals surface area contributed by atoms with Gasteiger partial charge in [-0.15, -0.1) is 0 Å². The molecule has 0 bridgehead atoms. The van der Waals surface area contributed by atoms with Crippen molar-refractivity contribution in [2.75, 3.05) is 6.61 Å². The molecule has 1 aliphatic rings. The Kier molecular flexibility index (Phi) is 3.03. The van der Waals surface area contributed by atoms with Gasteiger partial charge in [0, 0.05) is 17.2 Å². The van der Waals surface area contributed by atoms with Crippen molar-refractivity contribution in [1.29, 1.82) is 0 Å². The van der Waals surface area contributed by atoms with E-state index >= 15 is 0 Å². The fourth-order valence-electron chi connectivity index (χ4n) is 2.49. The predicted molar refractivity (Wildman–Crippen MR) is 73.5 cm³/mol.